The lowest BCUT2D eigenvalue weighted by Crippen LogP contribution is -2.28. The lowest BCUT2D eigenvalue weighted by Gasteiger charge is -2.18. The summed E-state index contributed by atoms with van der Waals surface area (Å²) in [5, 5.41) is 4.51. The summed E-state index contributed by atoms with van der Waals surface area (Å²) in [7, 11) is 3.40. The Morgan fingerprint density at radius 1 is 0.969 bits per heavy atom. The summed E-state index contributed by atoms with van der Waals surface area (Å²) in [5.41, 5.74) is 6.96. The van der Waals surface area contributed by atoms with Crippen LogP contribution in [0.4, 0.5) is 0 Å². The molecule has 1 aromatic heterocycles. The lowest BCUT2D eigenvalue weighted by atomic mass is 9.90. The van der Waals surface area contributed by atoms with Crippen LogP contribution in [0, 0.1) is 6.92 Å². The van der Waals surface area contributed by atoms with E-state index in [9.17, 15) is 9.59 Å². The summed E-state index contributed by atoms with van der Waals surface area (Å²) in [4.78, 5) is 27.3. The highest BCUT2D eigenvalue weighted by atomic mass is 16.4. The van der Waals surface area contributed by atoms with E-state index < -0.39 is 5.92 Å². The van der Waals surface area contributed by atoms with Gasteiger partial charge in [0.15, 0.2) is 5.76 Å². The lowest BCUT2D eigenvalue weighted by molar-refractivity contribution is -0.121. The molecule has 2 aromatic carbocycles. The summed E-state index contributed by atoms with van der Waals surface area (Å²) < 4.78 is 5.90. The number of nitrogens with zero attached hydrogens (tertiary/aromatic N) is 2. The Balaban J connectivity index is 1.64. The van der Waals surface area contributed by atoms with E-state index in [1.807, 2.05) is 67.6 Å². The highest BCUT2D eigenvalue weighted by Crippen LogP contribution is 2.31. The van der Waals surface area contributed by atoms with Crippen LogP contribution in [-0.4, -0.2) is 36.5 Å². The molecule has 1 heterocycles. The molecule has 0 saturated heterocycles. The van der Waals surface area contributed by atoms with Gasteiger partial charge in [-0.1, -0.05) is 60.7 Å². The van der Waals surface area contributed by atoms with Crippen molar-refractivity contribution in [2.45, 2.75) is 32.1 Å². The minimum atomic E-state index is -0.471. The van der Waals surface area contributed by atoms with Crippen LogP contribution < -0.4 is 5.43 Å². The quantitative estimate of drug-likeness (QED) is 0.615. The molecule has 0 saturated carbocycles. The monoisotopic (exact) mass is 429 g/mol. The first-order chi connectivity index (χ1) is 15.5. The SMILES string of the molecule is Cc1c(C(=O)N(C)C)oc2c1/C(=N/NC(=O)C(c1ccccc1)c1ccccc1)CCC2. The number of aryl methyl sites for hydroxylation is 1. The fourth-order valence-electron chi connectivity index (χ4n) is 4.16. The van der Waals surface area contributed by atoms with E-state index in [1.165, 1.54) is 4.90 Å². The summed E-state index contributed by atoms with van der Waals surface area (Å²) in [6.07, 6.45) is 2.32. The number of rotatable bonds is 5. The van der Waals surface area contributed by atoms with Crippen molar-refractivity contribution < 1.29 is 14.0 Å². The zero-order chi connectivity index (χ0) is 22.7. The van der Waals surface area contributed by atoms with Crippen LogP contribution >= 0.6 is 0 Å². The van der Waals surface area contributed by atoms with Gasteiger partial charge < -0.3 is 9.32 Å². The minimum Gasteiger partial charge on any atom is -0.455 e. The molecule has 2 amide bonds. The number of benzene rings is 2. The molecule has 32 heavy (non-hydrogen) atoms. The first-order valence-electron chi connectivity index (χ1n) is 10.8. The van der Waals surface area contributed by atoms with Crippen LogP contribution in [0.3, 0.4) is 0 Å². The van der Waals surface area contributed by atoms with Crippen molar-refractivity contribution in [2.75, 3.05) is 14.1 Å². The second-order valence-electron chi connectivity index (χ2n) is 8.20. The molecule has 6 nitrogen and oxygen atoms in total. The number of amides is 2. The second-order valence-corrected chi connectivity index (χ2v) is 8.20. The third-order valence-corrected chi connectivity index (χ3v) is 5.76. The fraction of sp³-hybridized carbons (Fsp3) is 0.269. The molecule has 1 aliphatic carbocycles. The molecule has 0 spiro atoms. The van der Waals surface area contributed by atoms with Gasteiger partial charge in [0.2, 0.25) is 0 Å². The predicted octanol–water partition coefficient (Wildman–Crippen LogP) is 4.28. The van der Waals surface area contributed by atoms with Gasteiger partial charge in [0, 0.05) is 31.6 Å². The van der Waals surface area contributed by atoms with Crippen LogP contribution in [-0.2, 0) is 11.2 Å². The molecule has 164 valence electrons. The first kappa shape index (κ1) is 21.6. The van der Waals surface area contributed by atoms with Gasteiger partial charge in [-0.15, -0.1) is 0 Å². The van der Waals surface area contributed by atoms with Gasteiger partial charge >= 0.3 is 0 Å². The minimum absolute atomic E-state index is 0.173. The zero-order valence-electron chi connectivity index (χ0n) is 18.6. The summed E-state index contributed by atoms with van der Waals surface area (Å²) >= 11 is 0. The zero-order valence-corrected chi connectivity index (χ0v) is 18.6. The number of fused-ring (bicyclic) bond motifs is 1. The third kappa shape index (κ3) is 4.21. The van der Waals surface area contributed by atoms with Crippen LogP contribution in [0.25, 0.3) is 0 Å². The van der Waals surface area contributed by atoms with E-state index in [1.54, 1.807) is 14.1 Å². The Bertz CT molecular complexity index is 1110. The van der Waals surface area contributed by atoms with E-state index in [2.05, 4.69) is 10.5 Å². The van der Waals surface area contributed by atoms with Crippen molar-refractivity contribution in [3.8, 4) is 0 Å². The number of carbonyl (C=O) groups is 2. The van der Waals surface area contributed by atoms with Crippen LogP contribution in [0.15, 0.2) is 70.2 Å². The van der Waals surface area contributed by atoms with Crippen LogP contribution in [0.1, 0.15) is 57.3 Å². The first-order valence-corrected chi connectivity index (χ1v) is 10.8. The van der Waals surface area contributed by atoms with Gasteiger partial charge in [-0.3, -0.25) is 9.59 Å². The van der Waals surface area contributed by atoms with Gasteiger partial charge in [-0.2, -0.15) is 5.10 Å². The molecular weight excluding hydrogens is 402 g/mol. The molecule has 4 rings (SSSR count). The molecule has 6 heteroatoms. The van der Waals surface area contributed by atoms with E-state index in [0.717, 1.165) is 46.6 Å². The van der Waals surface area contributed by atoms with Crippen molar-refractivity contribution in [1.82, 2.24) is 10.3 Å². The van der Waals surface area contributed by atoms with Gasteiger partial charge in [-0.05, 0) is 30.9 Å². The number of hydrogen-bond acceptors (Lipinski definition) is 4. The van der Waals surface area contributed by atoms with Crippen LogP contribution in [0.5, 0.6) is 0 Å². The molecule has 0 unspecified atom stereocenters. The molecule has 0 radical (unpaired) electrons. The number of furan rings is 1. The number of carbonyl (C=O) groups excluding carboxylic acids is 2. The molecule has 1 aliphatic rings. The second kappa shape index (κ2) is 9.22. The molecular formula is C26H27N3O3. The van der Waals surface area contributed by atoms with Crippen LogP contribution in [0.2, 0.25) is 0 Å². The van der Waals surface area contributed by atoms with Gasteiger partial charge in [0.05, 0.1) is 11.6 Å². The molecule has 0 bridgehead atoms. The largest absolute Gasteiger partial charge is 0.455 e. The number of hydrazone groups is 1. The average Bonchev–Trinajstić information content (AvgIpc) is 3.15. The Kier molecular flexibility index (Phi) is 6.21. The fourth-order valence-corrected chi connectivity index (χ4v) is 4.16. The van der Waals surface area contributed by atoms with E-state index in [-0.39, 0.29) is 11.8 Å². The topological polar surface area (TPSA) is 74.9 Å². The molecule has 0 aliphatic heterocycles. The van der Waals surface area contributed by atoms with Crippen molar-refractivity contribution >= 4 is 17.5 Å². The molecule has 1 N–H and O–H groups in total. The molecule has 0 fully saturated rings. The Hall–Kier alpha value is -3.67. The third-order valence-electron chi connectivity index (χ3n) is 5.76. The highest BCUT2D eigenvalue weighted by Gasteiger charge is 2.29. The van der Waals surface area contributed by atoms with Gasteiger partial charge in [0.25, 0.3) is 11.8 Å². The summed E-state index contributed by atoms with van der Waals surface area (Å²) in [5.74, 6) is 0.254. The standard InChI is InChI=1S/C26H27N3O3/c1-17-22-20(15-10-16-21(22)32-24(17)26(31)29(2)3)27-28-25(30)23(18-11-6-4-7-12-18)19-13-8-5-9-14-19/h4-9,11-14,23H,10,15-16H2,1-3H3,(H,28,30)/b27-20+. The smallest absolute Gasteiger partial charge is 0.289 e. The Labute approximate surface area is 187 Å². The van der Waals surface area contributed by atoms with E-state index in [4.69, 9.17) is 4.42 Å². The molecule has 3 aromatic rings. The Morgan fingerprint density at radius 3 is 2.12 bits per heavy atom. The normalized spacial score (nSPS) is 14.3. The maximum absolute atomic E-state index is 13.3. The van der Waals surface area contributed by atoms with Crippen molar-refractivity contribution in [1.29, 1.82) is 0 Å². The van der Waals surface area contributed by atoms with Gasteiger partial charge in [-0.25, -0.2) is 5.43 Å². The highest BCUT2D eigenvalue weighted by molar-refractivity contribution is 6.06. The molecule has 0 atom stereocenters. The Morgan fingerprint density at radius 2 is 1.56 bits per heavy atom. The van der Waals surface area contributed by atoms with E-state index >= 15 is 0 Å². The van der Waals surface area contributed by atoms with Crippen molar-refractivity contribution in [3.63, 3.8) is 0 Å². The van der Waals surface area contributed by atoms with Gasteiger partial charge in [0.1, 0.15) is 5.76 Å². The number of nitrogens with one attached hydrogen (secondary N) is 1. The van der Waals surface area contributed by atoms with E-state index in [0.29, 0.717) is 12.2 Å². The maximum atomic E-state index is 13.3. The average molecular weight is 430 g/mol. The predicted molar refractivity (Wildman–Crippen MR) is 124 cm³/mol. The number of hydrogen-bond donors (Lipinski definition) is 1. The summed E-state index contributed by atoms with van der Waals surface area (Å²) in [6.45, 7) is 1.87. The van der Waals surface area contributed by atoms with Crippen molar-refractivity contribution in [2.24, 2.45) is 5.10 Å². The maximum Gasteiger partial charge on any atom is 0.289 e. The summed E-state index contributed by atoms with van der Waals surface area (Å²) in [6, 6.07) is 19.4. The van der Waals surface area contributed by atoms with Crippen molar-refractivity contribution in [3.05, 3.63) is 94.4 Å².